The maximum absolute atomic E-state index is 3.52. The molecule has 0 nitrogen and oxygen atoms in total. The van der Waals surface area contributed by atoms with Crippen LogP contribution < -0.4 is 0 Å². The first kappa shape index (κ1) is 17.9. The molecule has 0 aliphatic rings. The third kappa shape index (κ3) is 4.83. The van der Waals surface area contributed by atoms with Gasteiger partial charge >= 0.3 is 0 Å². The van der Waals surface area contributed by atoms with Crippen molar-refractivity contribution in [2.24, 2.45) is 0 Å². The Balaban J connectivity index is 1.81. The van der Waals surface area contributed by atoms with Crippen molar-refractivity contribution in [3.63, 3.8) is 0 Å². The second kappa shape index (κ2) is 9.01. The fraction of sp³-hybridized carbons (Fsp3) is 0.250. The Hall–Kier alpha value is -1.86. The first-order valence-electron chi connectivity index (χ1n) is 9.22. The van der Waals surface area contributed by atoms with Crippen LogP contribution in [0, 0.1) is 0 Å². The second-order valence-electron chi connectivity index (χ2n) is 6.56. The first-order chi connectivity index (χ1) is 12.3. The van der Waals surface area contributed by atoms with Gasteiger partial charge in [-0.1, -0.05) is 103 Å². The SMILES string of the molecule is CCCCCCc1ccc(-c2ccccc2-c2ccc(Br)cc2)cc1. The summed E-state index contributed by atoms with van der Waals surface area (Å²) in [5.74, 6) is 0. The lowest BCUT2D eigenvalue weighted by Crippen LogP contribution is -1.88. The summed E-state index contributed by atoms with van der Waals surface area (Å²) in [5, 5.41) is 0. The molecule has 0 N–H and O–H groups in total. The molecule has 0 saturated carbocycles. The van der Waals surface area contributed by atoms with Gasteiger partial charge in [-0.15, -0.1) is 0 Å². The van der Waals surface area contributed by atoms with Gasteiger partial charge in [0, 0.05) is 4.47 Å². The normalized spacial score (nSPS) is 10.8. The van der Waals surface area contributed by atoms with Crippen LogP contribution in [0.4, 0.5) is 0 Å². The van der Waals surface area contributed by atoms with E-state index in [1.54, 1.807) is 0 Å². The van der Waals surface area contributed by atoms with Crippen LogP contribution in [0.15, 0.2) is 77.3 Å². The van der Waals surface area contributed by atoms with E-state index in [1.165, 1.54) is 59.9 Å². The Labute approximate surface area is 160 Å². The van der Waals surface area contributed by atoms with Crippen molar-refractivity contribution >= 4 is 15.9 Å². The molecule has 0 atom stereocenters. The third-order valence-corrected chi connectivity index (χ3v) is 5.19. The van der Waals surface area contributed by atoms with Gasteiger partial charge in [-0.05, 0) is 52.8 Å². The van der Waals surface area contributed by atoms with Gasteiger partial charge in [0.05, 0.1) is 0 Å². The minimum Gasteiger partial charge on any atom is -0.0654 e. The Morgan fingerprint density at radius 2 is 1.20 bits per heavy atom. The zero-order valence-corrected chi connectivity index (χ0v) is 16.4. The molecule has 3 aromatic rings. The molecule has 3 rings (SSSR count). The number of unbranched alkanes of at least 4 members (excludes halogenated alkanes) is 3. The molecule has 128 valence electrons. The molecule has 0 unspecified atom stereocenters. The van der Waals surface area contributed by atoms with Gasteiger partial charge in [-0.2, -0.15) is 0 Å². The van der Waals surface area contributed by atoms with Gasteiger partial charge < -0.3 is 0 Å². The van der Waals surface area contributed by atoms with Crippen molar-refractivity contribution in [3.8, 4) is 22.3 Å². The van der Waals surface area contributed by atoms with Crippen LogP contribution in [0.25, 0.3) is 22.3 Å². The average molecular weight is 393 g/mol. The van der Waals surface area contributed by atoms with Crippen molar-refractivity contribution < 1.29 is 0 Å². The van der Waals surface area contributed by atoms with Crippen LogP contribution in [0.1, 0.15) is 38.2 Å². The Bertz CT molecular complexity index is 785. The minimum absolute atomic E-state index is 1.11. The maximum Gasteiger partial charge on any atom is 0.0175 e. The number of rotatable bonds is 7. The lowest BCUT2D eigenvalue weighted by atomic mass is 9.93. The van der Waals surface area contributed by atoms with Crippen LogP contribution >= 0.6 is 15.9 Å². The lowest BCUT2D eigenvalue weighted by molar-refractivity contribution is 0.667. The molecule has 0 heterocycles. The van der Waals surface area contributed by atoms with Gasteiger partial charge in [0.2, 0.25) is 0 Å². The molecule has 0 aliphatic heterocycles. The largest absolute Gasteiger partial charge is 0.0654 e. The molecule has 0 amide bonds. The second-order valence-corrected chi connectivity index (χ2v) is 7.48. The molecule has 0 aliphatic carbocycles. The summed E-state index contributed by atoms with van der Waals surface area (Å²) >= 11 is 3.52. The summed E-state index contributed by atoms with van der Waals surface area (Å²) in [6.07, 6.45) is 6.46. The molecule has 0 aromatic heterocycles. The average Bonchev–Trinajstić information content (AvgIpc) is 2.66. The Morgan fingerprint density at radius 3 is 1.76 bits per heavy atom. The van der Waals surface area contributed by atoms with E-state index in [9.17, 15) is 0 Å². The highest BCUT2D eigenvalue weighted by atomic mass is 79.9. The monoisotopic (exact) mass is 392 g/mol. The molecule has 0 spiro atoms. The van der Waals surface area contributed by atoms with Crippen LogP contribution in [-0.2, 0) is 6.42 Å². The summed E-state index contributed by atoms with van der Waals surface area (Å²) in [7, 11) is 0. The van der Waals surface area contributed by atoms with Crippen LogP contribution in [0.3, 0.4) is 0 Å². The fourth-order valence-electron chi connectivity index (χ4n) is 3.22. The Morgan fingerprint density at radius 1 is 0.640 bits per heavy atom. The van der Waals surface area contributed by atoms with Crippen LogP contribution in [0.5, 0.6) is 0 Å². The van der Waals surface area contributed by atoms with Crippen LogP contribution in [-0.4, -0.2) is 0 Å². The van der Waals surface area contributed by atoms with E-state index in [2.05, 4.69) is 95.7 Å². The maximum atomic E-state index is 3.52. The number of halogens is 1. The van der Waals surface area contributed by atoms with E-state index in [0.717, 1.165) is 4.47 Å². The minimum atomic E-state index is 1.11. The summed E-state index contributed by atoms with van der Waals surface area (Å²) in [6, 6.07) is 26.3. The number of benzene rings is 3. The Kier molecular flexibility index (Phi) is 6.47. The van der Waals surface area contributed by atoms with Crippen LogP contribution in [0.2, 0.25) is 0 Å². The highest BCUT2D eigenvalue weighted by molar-refractivity contribution is 9.10. The topological polar surface area (TPSA) is 0 Å². The molecule has 1 heteroatoms. The molecule has 0 fully saturated rings. The summed E-state index contributed by atoms with van der Waals surface area (Å²) in [4.78, 5) is 0. The highest BCUT2D eigenvalue weighted by Crippen LogP contribution is 2.32. The number of hydrogen-bond donors (Lipinski definition) is 0. The van der Waals surface area contributed by atoms with E-state index >= 15 is 0 Å². The van der Waals surface area contributed by atoms with E-state index < -0.39 is 0 Å². The first-order valence-corrected chi connectivity index (χ1v) is 10.0. The van der Waals surface area contributed by atoms with E-state index in [4.69, 9.17) is 0 Å². The fourth-order valence-corrected chi connectivity index (χ4v) is 3.49. The number of aryl methyl sites for hydroxylation is 1. The molecule has 0 bridgehead atoms. The smallest absolute Gasteiger partial charge is 0.0175 e. The predicted octanol–water partition coefficient (Wildman–Crippen LogP) is 7.91. The van der Waals surface area contributed by atoms with Crippen molar-refractivity contribution in [1.29, 1.82) is 0 Å². The molecule has 25 heavy (non-hydrogen) atoms. The molecular formula is C24H25Br. The van der Waals surface area contributed by atoms with Gasteiger partial charge in [0.1, 0.15) is 0 Å². The van der Waals surface area contributed by atoms with Gasteiger partial charge in [-0.25, -0.2) is 0 Å². The van der Waals surface area contributed by atoms with Gasteiger partial charge in [0.25, 0.3) is 0 Å². The summed E-state index contributed by atoms with van der Waals surface area (Å²) in [5.41, 5.74) is 6.56. The van der Waals surface area contributed by atoms with Crippen molar-refractivity contribution in [1.82, 2.24) is 0 Å². The van der Waals surface area contributed by atoms with Gasteiger partial charge in [0.15, 0.2) is 0 Å². The van der Waals surface area contributed by atoms with Crippen molar-refractivity contribution in [2.75, 3.05) is 0 Å². The number of hydrogen-bond acceptors (Lipinski definition) is 0. The van der Waals surface area contributed by atoms with E-state index in [-0.39, 0.29) is 0 Å². The lowest BCUT2D eigenvalue weighted by Gasteiger charge is -2.11. The predicted molar refractivity (Wildman–Crippen MR) is 113 cm³/mol. The molecule has 3 aromatic carbocycles. The zero-order chi connectivity index (χ0) is 17.5. The zero-order valence-electron chi connectivity index (χ0n) is 14.8. The van der Waals surface area contributed by atoms with Crippen molar-refractivity contribution in [3.05, 3.63) is 82.8 Å². The highest BCUT2D eigenvalue weighted by Gasteiger charge is 2.07. The van der Waals surface area contributed by atoms with Gasteiger partial charge in [-0.3, -0.25) is 0 Å². The molecular weight excluding hydrogens is 368 g/mol. The third-order valence-electron chi connectivity index (χ3n) is 4.67. The summed E-state index contributed by atoms with van der Waals surface area (Å²) < 4.78 is 1.11. The quantitative estimate of drug-likeness (QED) is 0.358. The standard InChI is InChI=1S/C24H25Br/c1-2-3-4-5-8-19-11-13-20(14-12-19)23-9-6-7-10-24(23)21-15-17-22(25)18-16-21/h6-7,9-18H,2-5,8H2,1H3. The molecule has 0 saturated heterocycles. The van der Waals surface area contributed by atoms with Crippen molar-refractivity contribution in [2.45, 2.75) is 39.0 Å². The summed E-state index contributed by atoms with van der Waals surface area (Å²) in [6.45, 7) is 2.26. The van der Waals surface area contributed by atoms with E-state index in [0.29, 0.717) is 0 Å². The van der Waals surface area contributed by atoms with E-state index in [1.807, 2.05) is 0 Å². The molecule has 0 radical (unpaired) electrons.